The molecule has 362 valence electrons. The molecule has 0 aromatic rings. The van der Waals surface area contributed by atoms with Crippen molar-refractivity contribution in [2.75, 3.05) is 26.4 Å². The molecule has 0 aromatic carbocycles. The minimum absolute atomic E-state index is 0.191. The molecule has 3 N–H and O–H groups in total. The van der Waals surface area contributed by atoms with Crippen LogP contribution >= 0.6 is 7.82 Å². The minimum Gasteiger partial charge on any atom is -0.457 e. The molecule has 3 atom stereocenters. The zero-order valence-corrected chi connectivity index (χ0v) is 40.5. The highest BCUT2D eigenvalue weighted by molar-refractivity contribution is 7.47. The molecule has 0 aliphatic rings. The summed E-state index contributed by atoms with van der Waals surface area (Å²) in [6.07, 6.45) is 47.6. The van der Waals surface area contributed by atoms with Crippen molar-refractivity contribution in [2.24, 2.45) is 0 Å². The van der Waals surface area contributed by atoms with Crippen LogP contribution in [-0.2, 0) is 32.7 Å². The van der Waals surface area contributed by atoms with Gasteiger partial charge in [0.1, 0.15) is 12.2 Å². The predicted octanol–water partition coefficient (Wildman–Crippen LogP) is 14.3. The molecule has 10 nitrogen and oxygen atoms in total. The van der Waals surface area contributed by atoms with E-state index in [2.05, 4.69) is 26.0 Å². The summed E-state index contributed by atoms with van der Waals surface area (Å²) in [5.41, 5.74) is 0. The van der Waals surface area contributed by atoms with Crippen LogP contribution in [0.25, 0.3) is 0 Å². The number of unbranched alkanes of at least 4 members (excludes halogenated alkanes) is 33. The van der Waals surface area contributed by atoms with E-state index in [1.807, 2.05) is 0 Å². The van der Waals surface area contributed by atoms with Crippen LogP contribution in [0.15, 0.2) is 12.2 Å². The predicted molar refractivity (Wildman–Crippen MR) is 252 cm³/mol. The number of rotatable bonds is 49. The van der Waals surface area contributed by atoms with E-state index in [4.69, 9.17) is 18.5 Å². The fraction of sp³-hybridized carbons (Fsp3) is 0.920. The summed E-state index contributed by atoms with van der Waals surface area (Å²) >= 11 is 0. The van der Waals surface area contributed by atoms with Crippen molar-refractivity contribution in [3.05, 3.63) is 12.2 Å². The lowest BCUT2D eigenvalue weighted by atomic mass is 10.0. The normalized spacial score (nSPS) is 13.7. The number of carbonyl (C=O) groups is 2. The van der Waals surface area contributed by atoms with Crippen molar-refractivity contribution in [1.82, 2.24) is 0 Å². The number of carbonyl (C=O) groups excluding carboxylic acids is 2. The zero-order chi connectivity index (χ0) is 44.8. The van der Waals surface area contributed by atoms with Crippen LogP contribution in [0.1, 0.15) is 258 Å². The quantitative estimate of drug-likeness (QED) is 0.0233. The summed E-state index contributed by atoms with van der Waals surface area (Å²) in [6, 6.07) is 0. The van der Waals surface area contributed by atoms with Crippen molar-refractivity contribution in [1.29, 1.82) is 0 Å². The Labute approximate surface area is 375 Å². The molecule has 0 aliphatic heterocycles. The summed E-state index contributed by atoms with van der Waals surface area (Å²) in [5, 5.41) is 19.2. The van der Waals surface area contributed by atoms with Gasteiger partial charge in [-0.2, -0.15) is 0 Å². The number of aliphatic hydroxyl groups is 2. The summed E-state index contributed by atoms with van der Waals surface area (Å²) in [7, 11) is -4.64. The van der Waals surface area contributed by atoms with Gasteiger partial charge in [0.05, 0.1) is 26.4 Å². The maximum atomic E-state index is 12.4. The van der Waals surface area contributed by atoms with E-state index in [0.717, 1.165) is 44.9 Å². The van der Waals surface area contributed by atoms with Gasteiger partial charge in [-0.15, -0.1) is 0 Å². The van der Waals surface area contributed by atoms with Gasteiger partial charge in [-0.1, -0.05) is 219 Å². The van der Waals surface area contributed by atoms with E-state index in [9.17, 15) is 29.3 Å². The smallest absolute Gasteiger partial charge is 0.457 e. The van der Waals surface area contributed by atoms with Crippen molar-refractivity contribution in [2.45, 2.75) is 270 Å². The molecule has 0 bridgehead atoms. The largest absolute Gasteiger partial charge is 0.472 e. The van der Waals surface area contributed by atoms with Gasteiger partial charge in [0.15, 0.2) is 0 Å². The average Bonchev–Trinajstić information content (AvgIpc) is 3.25. The molecule has 0 aliphatic carbocycles. The molecular weight excluding hydrogens is 792 g/mol. The first-order chi connectivity index (χ1) is 29.8. The molecular formula is C50H97O10P. The number of ether oxygens (including phenoxy) is 2. The summed E-state index contributed by atoms with van der Waals surface area (Å²) in [5.74, 6) is -1.01. The molecule has 0 spiro atoms. The Hall–Kier alpha value is -1.29. The third-order valence-electron chi connectivity index (χ3n) is 11.5. The highest BCUT2D eigenvalue weighted by Gasteiger charge is 2.27. The van der Waals surface area contributed by atoms with Gasteiger partial charge in [0.2, 0.25) is 0 Å². The van der Waals surface area contributed by atoms with Crippen molar-refractivity contribution >= 4 is 19.8 Å². The van der Waals surface area contributed by atoms with Gasteiger partial charge in [-0.05, 0) is 38.5 Å². The number of phosphoric acid groups is 1. The second kappa shape index (κ2) is 46.7. The Morgan fingerprint density at radius 1 is 0.426 bits per heavy atom. The van der Waals surface area contributed by atoms with Crippen molar-refractivity contribution in [3.8, 4) is 0 Å². The van der Waals surface area contributed by atoms with Gasteiger partial charge in [0.25, 0.3) is 0 Å². The third kappa shape index (κ3) is 45.1. The first kappa shape index (κ1) is 59.7. The number of phosphoric ester groups is 1. The maximum Gasteiger partial charge on any atom is 0.472 e. The van der Waals surface area contributed by atoms with Crippen LogP contribution < -0.4 is 0 Å². The maximum absolute atomic E-state index is 12.4. The van der Waals surface area contributed by atoms with Crippen LogP contribution in [0.2, 0.25) is 0 Å². The SMILES string of the molecule is CCCCCCCCC/C=C\CCCCCCCCCC(=O)OC(CO)COP(=O)(O)OCC(CO)OC(=O)CCCCCCCCCCCCCCCCCCCCCC. The van der Waals surface area contributed by atoms with E-state index in [1.54, 1.807) is 0 Å². The molecule has 0 radical (unpaired) electrons. The van der Waals surface area contributed by atoms with Crippen LogP contribution in [-0.4, -0.2) is 65.7 Å². The number of aliphatic hydroxyl groups excluding tert-OH is 2. The van der Waals surface area contributed by atoms with Crippen molar-refractivity contribution in [3.63, 3.8) is 0 Å². The Morgan fingerprint density at radius 3 is 0.934 bits per heavy atom. The molecule has 61 heavy (non-hydrogen) atoms. The lowest BCUT2D eigenvalue weighted by molar-refractivity contribution is -0.153. The summed E-state index contributed by atoms with van der Waals surface area (Å²) in [6.45, 7) is 2.26. The van der Waals surface area contributed by atoms with Gasteiger partial charge in [-0.25, -0.2) is 4.57 Å². The second-order valence-electron chi connectivity index (χ2n) is 17.5. The zero-order valence-electron chi connectivity index (χ0n) is 39.7. The monoisotopic (exact) mass is 889 g/mol. The fourth-order valence-corrected chi connectivity index (χ4v) is 8.31. The first-order valence-electron chi connectivity index (χ1n) is 25.6. The lowest BCUT2D eigenvalue weighted by Gasteiger charge is -2.20. The average molecular weight is 889 g/mol. The highest BCUT2D eigenvalue weighted by Crippen LogP contribution is 2.43. The van der Waals surface area contributed by atoms with Gasteiger partial charge in [0, 0.05) is 12.8 Å². The molecule has 0 saturated carbocycles. The highest BCUT2D eigenvalue weighted by atomic mass is 31.2. The number of hydrogen-bond acceptors (Lipinski definition) is 9. The number of esters is 2. The molecule has 0 saturated heterocycles. The molecule has 0 rings (SSSR count). The van der Waals surface area contributed by atoms with Crippen LogP contribution in [0, 0.1) is 0 Å². The first-order valence-corrected chi connectivity index (χ1v) is 27.1. The van der Waals surface area contributed by atoms with Crippen molar-refractivity contribution < 1.29 is 47.8 Å². The topological polar surface area (TPSA) is 149 Å². The van der Waals surface area contributed by atoms with E-state index < -0.39 is 58.4 Å². The molecule has 11 heteroatoms. The van der Waals surface area contributed by atoms with E-state index in [1.165, 1.54) is 173 Å². The van der Waals surface area contributed by atoms with Crippen LogP contribution in [0.3, 0.4) is 0 Å². The van der Waals surface area contributed by atoms with E-state index >= 15 is 0 Å². The van der Waals surface area contributed by atoms with E-state index in [-0.39, 0.29) is 12.8 Å². The third-order valence-corrected chi connectivity index (χ3v) is 12.4. The van der Waals surface area contributed by atoms with E-state index in [0.29, 0.717) is 12.8 Å². The summed E-state index contributed by atoms with van der Waals surface area (Å²) < 4.78 is 32.7. The molecule has 0 aromatic heterocycles. The standard InChI is InChI=1S/C50H97O10P/c1-3-5-7-9-11-13-15-17-19-21-23-24-26-28-30-32-34-36-38-40-42-50(54)60-48(44-52)46-58-61(55,56)57-45-47(43-51)59-49(53)41-39-37-35-33-31-29-27-25-22-20-18-16-14-12-10-8-6-4-2/h20,22,47-48,51-52H,3-19,21,23-46H2,1-2H3,(H,55,56)/b22-20-. The lowest BCUT2D eigenvalue weighted by Crippen LogP contribution is -2.28. The second-order valence-corrected chi connectivity index (χ2v) is 19.0. The van der Waals surface area contributed by atoms with Crippen LogP contribution in [0.5, 0.6) is 0 Å². The number of hydrogen-bond donors (Lipinski definition) is 3. The van der Waals surface area contributed by atoms with Gasteiger partial charge in [-0.3, -0.25) is 18.6 Å². The Balaban J connectivity index is 3.81. The molecule has 0 fully saturated rings. The Morgan fingerprint density at radius 2 is 0.672 bits per heavy atom. The Bertz CT molecular complexity index is 1020. The molecule has 3 unspecified atom stereocenters. The minimum atomic E-state index is -4.64. The number of allylic oxidation sites excluding steroid dienone is 2. The fourth-order valence-electron chi connectivity index (χ4n) is 7.52. The van der Waals surface area contributed by atoms with Gasteiger partial charge >= 0.3 is 19.8 Å². The molecule has 0 heterocycles. The Kier molecular flexibility index (Phi) is 45.7. The van der Waals surface area contributed by atoms with Crippen LogP contribution in [0.4, 0.5) is 0 Å². The van der Waals surface area contributed by atoms with Gasteiger partial charge < -0.3 is 24.6 Å². The molecule has 0 amide bonds. The summed E-state index contributed by atoms with van der Waals surface area (Å²) in [4.78, 5) is 34.7.